The SMILES string of the molecule is COC(=O)c1ccc(CN2CCN(C)CC2)cc1F. The Morgan fingerprint density at radius 2 is 2.00 bits per heavy atom. The summed E-state index contributed by atoms with van der Waals surface area (Å²) >= 11 is 0. The van der Waals surface area contributed by atoms with Crippen molar-refractivity contribution in [3.63, 3.8) is 0 Å². The maximum Gasteiger partial charge on any atom is 0.340 e. The number of nitrogens with zero attached hydrogens (tertiary/aromatic N) is 2. The van der Waals surface area contributed by atoms with Crippen molar-refractivity contribution < 1.29 is 13.9 Å². The fourth-order valence-electron chi connectivity index (χ4n) is 2.20. The average Bonchev–Trinajstić information content (AvgIpc) is 2.41. The van der Waals surface area contributed by atoms with E-state index in [1.165, 1.54) is 19.2 Å². The zero-order valence-corrected chi connectivity index (χ0v) is 11.4. The Hall–Kier alpha value is -1.46. The number of likely N-dealkylation sites (N-methyl/N-ethyl adjacent to an activating group) is 1. The smallest absolute Gasteiger partial charge is 0.340 e. The molecule has 0 atom stereocenters. The van der Waals surface area contributed by atoms with E-state index >= 15 is 0 Å². The molecule has 0 saturated carbocycles. The number of benzene rings is 1. The minimum Gasteiger partial charge on any atom is -0.465 e. The summed E-state index contributed by atoms with van der Waals surface area (Å²) in [5.74, 6) is -1.15. The van der Waals surface area contributed by atoms with E-state index in [1.54, 1.807) is 6.07 Å². The van der Waals surface area contributed by atoms with Gasteiger partial charge in [0.25, 0.3) is 0 Å². The molecule has 0 aromatic heterocycles. The summed E-state index contributed by atoms with van der Waals surface area (Å²) in [6.45, 7) is 4.74. The standard InChI is InChI=1S/C14H19FN2O2/c1-16-5-7-17(8-6-16)10-11-3-4-12(13(15)9-11)14(18)19-2/h3-4,9H,5-8,10H2,1-2H3. The van der Waals surface area contributed by atoms with Crippen LogP contribution in [0.25, 0.3) is 0 Å². The van der Waals surface area contributed by atoms with Crippen LogP contribution in [0.4, 0.5) is 4.39 Å². The third-order valence-electron chi connectivity index (χ3n) is 3.44. The zero-order chi connectivity index (χ0) is 13.8. The monoisotopic (exact) mass is 266 g/mol. The molecule has 19 heavy (non-hydrogen) atoms. The highest BCUT2D eigenvalue weighted by molar-refractivity contribution is 5.89. The molecule has 1 fully saturated rings. The van der Waals surface area contributed by atoms with Gasteiger partial charge in [0.05, 0.1) is 12.7 Å². The molecular weight excluding hydrogens is 247 g/mol. The highest BCUT2D eigenvalue weighted by atomic mass is 19.1. The van der Waals surface area contributed by atoms with E-state index in [0.29, 0.717) is 6.54 Å². The maximum atomic E-state index is 13.8. The molecule has 0 aliphatic carbocycles. The lowest BCUT2D eigenvalue weighted by Gasteiger charge is -2.32. The second-order valence-electron chi connectivity index (χ2n) is 4.89. The van der Waals surface area contributed by atoms with Gasteiger partial charge in [0.1, 0.15) is 5.82 Å². The van der Waals surface area contributed by atoms with Gasteiger partial charge < -0.3 is 9.64 Å². The lowest BCUT2D eigenvalue weighted by atomic mass is 10.1. The van der Waals surface area contributed by atoms with Crippen LogP contribution >= 0.6 is 0 Å². The van der Waals surface area contributed by atoms with Crippen molar-refractivity contribution in [3.8, 4) is 0 Å². The van der Waals surface area contributed by atoms with Crippen LogP contribution in [0.3, 0.4) is 0 Å². The Balaban J connectivity index is 2.02. The summed E-state index contributed by atoms with van der Waals surface area (Å²) in [5, 5.41) is 0. The van der Waals surface area contributed by atoms with E-state index in [2.05, 4.69) is 21.6 Å². The highest BCUT2D eigenvalue weighted by Crippen LogP contribution is 2.14. The van der Waals surface area contributed by atoms with Crippen molar-refractivity contribution in [2.75, 3.05) is 40.3 Å². The molecule has 0 N–H and O–H groups in total. The third kappa shape index (κ3) is 3.52. The van der Waals surface area contributed by atoms with E-state index in [0.717, 1.165) is 31.7 Å². The molecule has 4 nitrogen and oxygen atoms in total. The second-order valence-corrected chi connectivity index (χ2v) is 4.89. The summed E-state index contributed by atoms with van der Waals surface area (Å²) in [4.78, 5) is 15.9. The van der Waals surface area contributed by atoms with Crippen molar-refractivity contribution in [1.82, 2.24) is 9.80 Å². The molecule has 0 amide bonds. The van der Waals surface area contributed by atoms with Gasteiger partial charge in [0, 0.05) is 32.7 Å². The summed E-state index contributed by atoms with van der Waals surface area (Å²) in [7, 11) is 3.35. The molecule has 5 heteroatoms. The third-order valence-corrected chi connectivity index (χ3v) is 3.44. The van der Waals surface area contributed by atoms with E-state index in [4.69, 9.17) is 0 Å². The van der Waals surface area contributed by atoms with Crippen molar-refractivity contribution >= 4 is 5.97 Å². The Kier molecular flexibility index (Phi) is 4.50. The van der Waals surface area contributed by atoms with Crippen LogP contribution in [0.2, 0.25) is 0 Å². The quantitative estimate of drug-likeness (QED) is 0.773. The molecule has 0 unspecified atom stereocenters. The van der Waals surface area contributed by atoms with Crippen LogP contribution < -0.4 is 0 Å². The van der Waals surface area contributed by atoms with E-state index in [9.17, 15) is 9.18 Å². The number of piperazine rings is 1. The Morgan fingerprint density at radius 1 is 1.32 bits per heavy atom. The molecule has 0 spiro atoms. The highest BCUT2D eigenvalue weighted by Gasteiger charge is 2.16. The fraction of sp³-hybridized carbons (Fsp3) is 0.500. The van der Waals surface area contributed by atoms with Crippen LogP contribution in [0.1, 0.15) is 15.9 Å². The zero-order valence-electron chi connectivity index (χ0n) is 11.4. The Bertz CT molecular complexity index is 457. The van der Waals surface area contributed by atoms with Crippen LogP contribution in [0.5, 0.6) is 0 Å². The van der Waals surface area contributed by atoms with Gasteiger partial charge in [-0.3, -0.25) is 4.90 Å². The van der Waals surface area contributed by atoms with Crippen molar-refractivity contribution in [2.45, 2.75) is 6.54 Å². The van der Waals surface area contributed by atoms with Gasteiger partial charge >= 0.3 is 5.97 Å². The van der Waals surface area contributed by atoms with Gasteiger partial charge in [-0.05, 0) is 24.7 Å². The summed E-state index contributed by atoms with van der Waals surface area (Å²) in [5.41, 5.74) is 0.874. The number of hydrogen-bond acceptors (Lipinski definition) is 4. The minimum atomic E-state index is -0.636. The van der Waals surface area contributed by atoms with Crippen LogP contribution in [0.15, 0.2) is 18.2 Å². The molecule has 1 aromatic carbocycles. The van der Waals surface area contributed by atoms with E-state index in [-0.39, 0.29) is 5.56 Å². The maximum absolute atomic E-state index is 13.8. The van der Waals surface area contributed by atoms with Gasteiger partial charge in [0.15, 0.2) is 0 Å². The predicted molar refractivity (Wildman–Crippen MR) is 70.5 cm³/mol. The van der Waals surface area contributed by atoms with E-state index in [1.807, 2.05) is 0 Å². The van der Waals surface area contributed by atoms with Crippen molar-refractivity contribution in [1.29, 1.82) is 0 Å². The van der Waals surface area contributed by atoms with Gasteiger partial charge in [-0.25, -0.2) is 9.18 Å². The molecular formula is C14H19FN2O2. The Morgan fingerprint density at radius 3 is 2.58 bits per heavy atom. The largest absolute Gasteiger partial charge is 0.465 e. The molecule has 0 radical (unpaired) electrons. The van der Waals surface area contributed by atoms with Gasteiger partial charge in [0.2, 0.25) is 0 Å². The summed E-state index contributed by atoms with van der Waals surface area (Å²) in [6, 6.07) is 4.70. The number of carbonyl (C=O) groups excluding carboxylic acids is 1. The first-order chi connectivity index (χ1) is 9.10. The number of esters is 1. The van der Waals surface area contributed by atoms with Crippen LogP contribution in [-0.4, -0.2) is 56.1 Å². The normalized spacial score (nSPS) is 17.4. The number of ether oxygens (including phenoxy) is 1. The van der Waals surface area contributed by atoms with Gasteiger partial charge in [-0.15, -0.1) is 0 Å². The number of rotatable bonds is 3. The minimum absolute atomic E-state index is 0.00960. The molecule has 1 aliphatic rings. The average molecular weight is 266 g/mol. The molecule has 1 aromatic rings. The summed E-state index contributed by atoms with van der Waals surface area (Å²) in [6.07, 6.45) is 0. The molecule has 1 aliphatic heterocycles. The van der Waals surface area contributed by atoms with Crippen LogP contribution in [0, 0.1) is 5.82 Å². The number of methoxy groups -OCH3 is 1. The molecule has 2 rings (SSSR count). The van der Waals surface area contributed by atoms with Crippen molar-refractivity contribution in [2.24, 2.45) is 0 Å². The van der Waals surface area contributed by atoms with E-state index < -0.39 is 11.8 Å². The van der Waals surface area contributed by atoms with Gasteiger partial charge in [-0.2, -0.15) is 0 Å². The van der Waals surface area contributed by atoms with Gasteiger partial charge in [-0.1, -0.05) is 6.07 Å². The first-order valence-electron chi connectivity index (χ1n) is 6.38. The topological polar surface area (TPSA) is 32.8 Å². The molecule has 104 valence electrons. The first-order valence-corrected chi connectivity index (χ1v) is 6.38. The molecule has 1 heterocycles. The molecule has 1 saturated heterocycles. The molecule has 0 bridgehead atoms. The fourth-order valence-corrected chi connectivity index (χ4v) is 2.20. The number of hydrogen-bond donors (Lipinski definition) is 0. The Labute approximate surface area is 112 Å². The number of carbonyl (C=O) groups is 1. The number of halogens is 1. The lowest BCUT2D eigenvalue weighted by molar-refractivity contribution is 0.0595. The van der Waals surface area contributed by atoms with Crippen molar-refractivity contribution in [3.05, 3.63) is 35.1 Å². The second kappa shape index (κ2) is 6.12. The lowest BCUT2D eigenvalue weighted by Crippen LogP contribution is -2.43. The predicted octanol–water partition coefficient (Wildman–Crippen LogP) is 1.36. The summed E-state index contributed by atoms with van der Waals surface area (Å²) < 4.78 is 18.3. The first kappa shape index (κ1) is 14.0. The van der Waals surface area contributed by atoms with Crippen LogP contribution in [-0.2, 0) is 11.3 Å².